The van der Waals surface area contributed by atoms with Gasteiger partial charge >= 0.3 is 6.09 Å². The first-order valence-corrected chi connectivity index (χ1v) is 8.43. The highest BCUT2D eigenvalue weighted by atomic mass is 79.9. The predicted octanol–water partition coefficient (Wildman–Crippen LogP) is 3.20. The van der Waals surface area contributed by atoms with Crippen LogP contribution in [0.2, 0.25) is 0 Å². The van der Waals surface area contributed by atoms with Gasteiger partial charge in [-0.05, 0) is 11.1 Å². The first-order chi connectivity index (χ1) is 11.6. The van der Waals surface area contributed by atoms with Crippen LogP contribution in [0, 0.1) is 0 Å². The number of aliphatic hydroxyl groups excluding tert-OH is 1. The lowest BCUT2D eigenvalue weighted by molar-refractivity contribution is -0.130. The lowest BCUT2D eigenvalue weighted by atomic mass is 10.0. The Morgan fingerprint density at radius 1 is 1.12 bits per heavy atom. The van der Waals surface area contributed by atoms with Crippen molar-refractivity contribution in [3.8, 4) is 0 Å². The minimum atomic E-state index is -1.07. The van der Waals surface area contributed by atoms with Crippen molar-refractivity contribution >= 4 is 27.9 Å². The third kappa shape index (κ3) is 3.20. The number of ether oxygens (including phenoxy) is 1. The van der Waals surface area contributed by atoms with E-state index in [1.54, 1.807) is 24.3 Å². The standard InChI is InChI=1S/C18H16BrNO4/c19-15(16(21)13-9-5-2-6-10-13)17(22)20-14(11-24-18(20)23)12-7-3-1-4-8-12/h1-10,14-16,21H,11H2/t14-,15+,16+/m1/s1. The lowest BCUT2D eigenvalue weighted by Crippen LogP contribution is -2.41. The van der Waals surface area contributed by atoms with Crippen LogP contribution in [0.15, 0.2) is 60.7 Å². The highest BCUT2D eigenvalue weighted by Gasteiger charge is 2.42. The van der Waals surface area contributed by atoms with E-state index >= 15 is 0 Å². The average Bonchev–Trinajstić information content (AvgIpc) is 3.03. The summed E-state index contributed by atoms with van der Waals surface area (Å²) in [6.07, 6.45) is -1.76. The topological polar surface area (TPSA) is 66.8 Å². The number of hydrogen-bond donors (Lipinski definition) is 1. The second-order valence-corrected chi connectivity index (χ2v) is 6.46. The molecule has 5 nitrogen and oxygen atoms in total. The number of benzene rings is 2. The van der Waals surface area contributed by atoms with Crippen LogP contribution in [0.5, 0.6) is 0 Å². The maximum Gasteiger partial charge on any atom is 0.417 e. The molecule has 0 spiro atoms. The third-order valence-electron chi connectivity index (χ3n) is 3.95. The maximum atomic E-state index is 12.8. The number of cyclic esters (lactones) is 1. The summed E-state index contributed by atoms with van der Waals surface area (Å²) in [4.78, 5) is 24.9. The Hall–Kier alpha value is -2.18. The number of nitrogens with zero attached hydrogens (tertiary/aromatic N) is 1. The van der Waals surface area contributed by atoms with Crippen molar-refractivity contribution in [1.82, 2.24) is 4.90 Å². The van der Waals surface area contributed by atoms with E-state index in [4.69, 9.17) is 4.74 Å². The van der Waals surface area contributed by atoms with Gasteiger partial charge in [0.1, 0.15) is 23.6 Å². The molecule has 3 rings (SSSR count). The van der Waals surface area contributed by atoms with Crippen molar-refractivity contribution in [3.05, 3.63) is 71.8 Å². The number of halogens is 1. The first-order valence-electron chi connectivity index (χ1n) is 7.51. The number of hydrogen-bond acceptors (Lipinski definition) is 4. The molecule has 1 fully saturated rings. The van der Waals surface area contributed by atoms with Crippen molar-refractivity contribution in [2.24, 2.45) is 0 Å². The van der Waals surface area contributed by atoms with Crippen molar-refractivity contribution in [3.63, 3.8) is 0 Å². The van der Waals surface area contributed by atoms with Crippen LogP contribution in [0.4, 0.5) is 4.79 Å². The largest absolute Gasteiger partial charge is 0.446 e. The molecule has 3 atom stereocenters. The van der Waals surface area contributed by atoms with Gasteiger partial charge in [0.15, 0.2) is 0 Å². The van der Waals surface area contributed by atoms with Crippen molar-refractivity contribution in [2.75, 3.05) is 6.61 Å². The summed E-state index contributed by atoms with van der Waals surface area (Å²) in [5, 5.41) is 10.4. The fourth-order valence-corrected chi connectivity index (χ4v) is 3.20. The number of aliphatic hydroxyl groups is 1. The van der Waals surface area contributed by atoms with E-state index in [9.17, 15) is 14.7 Å². The van der Waals surface area contributed by atoms with Crippen LogP contribution in [0.3, 0.4) is 0 Å². The third-order valence-corrected chi connectivity index (χ3v) is 4.84. The summed E-state index contributed by atoms with van der Waals surface area (Å²) in [7, 11) is 0. The maximum absolute atomic E-state index is 12.8. The van der Waals surface area contributed by atoms with E-state index in [0.717, 1.165) is 10.5 Å². The molecule has 1 saturated heterocycles. The molecule has 0 bridgehead atoms. The Morgan fingerprint density at radius 2 is 1.71 bits per heavy atom. The molecule has 1 aliphatic rings. The van der Waals surface area contributed by atoms with Crippen LogP contribution < -0.4 is 0 Å². The van der Waals surface area contributed by atoms with Gasteiger partial charge in [0.25, 0.3) is 0 Å². The van der Waals surface area contributed by atoms with Crippen LogP contribution in [-0.4, -0.2) is 33.4 Å². The Labute approximate surface area is 148 Å². The monoisotopic (exact) mass is 389 g/mol. The van der Waals surface area contributed by atoms with E-state index < -0.39 is 29.0 Å². The minimum Gasteiger partial charge on any atom is -0.446 e. The van der Waals surface area contributed by atoms with Gasteiger partial charge in [0.2, 0.25) is 5.91 Å². The minimum absolute atomic E-state index is 0.107. The number of imide groups is 1. The number of carbonyl (C=O) groups is 2. The molecule has 1 N–H and O–H groups in total. The van der Waals surface area contributed by atoms with E-state index in [2.05, 4.69) is 15.9 Å². The van der Waals surface area contributed by atoms with Gasteiger partial charge in [-0.15, -0.1) is 0 Å². The molecule has 0 radical (unpaired) electrons. The molecular formula is C18H16BrNO4. The second-order valence-electron chi connectivity index (χ2n) is 5.47. The van der Waals surface area contributed by atoms with Crippen molar-refractivity contribution < 1.29 is 19.4 Å². The highest BCUT2D eigenvalue weighted by molar-refractivity contribution is 9.10. The summed E-state index contributed by atoms with van der Waals surface area (Å²) >= 11 is 3.23. The zero-order valence-electron chi connectivity index (χ0n) is 12.7. The quantitative estimate of drug-likeness (QED) is 0.815. The van der Waals surface area contributed by atoms with E-state index in [-0.39, 0.29) is 6.61 Å². The average molecular weight is 390 g/mol. The summed E-state index contributed by atoms with van der Waals surface area (Å²) < 4.78 is 5.05. The van der Waals surface area contributed by atoms with Gasteiger partial charge in [-0.2, -0.15) is 0 Å². The van der Waals surface area contributed by atoms with Gasteiger partial charge in [0.05, 0.1) is 0 Å². The number of amides is 2. The summed E-state index contributed by atoms with van der Waals surface area (Å²) in [5.41, 5.74) is 1.40. The van der Waals surface area contributed by atoms with Gasteiger partial charge in [-0.3, -0.25) is 4.79 Å². The van der Waals surface area contributed by atoms with E-state index in [1.807, 2.05) is 36.4 Å². The van der Waals surface area contributed by atoms with Gasteiger partial charge in [-0.25, -0.2) is 9.69 Å². The SMILES string of the molecule is O=C1OC[C@H](c2ccccc2)N1C(=O)[C@@H](Br)[C@@H](O)c1ccccc1. The normalized spacial score (nSPS) is 19.7. The van der Waals surface area contributed by atoms with Crippen molar-refractivity contribution in [1.29, 1.82) is 0 Å². The Balaban J connectivity index is 1.83. The smallest absolute Gasteiger partial charge is 0.417 e. The molecule has 6 heteroatoms. The molecule has 0 aromatic heterocycles. The van der Waals surface area contributed by atoms with Crippen LogP contribution in [0.25, 0.3) is 0 Å². The molecule has 2 aromatic rings. The van der Waals surface area contributed by atoms with E-state index in [1.165, 1.54) is 0 Å². The number of rotatable bonds is 4. The van der Waals surface area contributed by atoms with E-state index in [0.29, 0.717) is 5.56 Å². The zero-order chi connectivity index (χ0) is 17.1. The molecule has 0 aliphatic carbocycles. The van der Waals surface area contributed by atoms with Crippen LogP contribution in [0.1, 0.15) is 23.3 Å². The van der Waals surface area contributed by atoms with Crippen LogP contribution >= 0.6 is 15.9 Å². The van der Waals surface area contributed by atoms with Crippen LogP contribution in [-0.2, 0) is 9.53 Å². The molecule has 2 amide bonds. The Morgan fingerprint density at radius 3 is 2.33 bits per heavy atom. The fraction of sp³-hybridized carbons (Fsp3) is 0.222. The Bertz CT molecular complexity index is 722. The summed E-state index contributed by atoms with van der Waals surface area (Å²) in [6.45, 7) is 0.107. The fourth-order valence-electron chi connectivity index (χ4n) is 2.67. The molecule has 2 aromatic carbocycles. The molecule has 0 saturated carbocycles. The lowest BCUT2D eigenvalue weighted by Gasteiger charge is -2.25. The molecular weight excluding hydrogens is 374 g/mol. The first kappa shape index (κ1) is 16.7. The Kier molecular flexibility index (Phi) is 4.97. The molecule has 124 valence electrons. The van der Waals surface area contributed by atoms with Gasteiger partial charge in [-0.1, -0.05) is 76.6 Å². The molecule has 0 unspecified atom stereocenters. The number of alkyl halides is 1. The van der Waals surface area contributed by atoms with Crippen molar-refractivity contribution in [2.45, 2.75) is 17.0 Å². The molecule has 1 heterocycles. The zero-order valence-corrected chi connectivity index (χ0v) is 14.3. The van der Waals surface area contributed by atoms with Gasteiger partial charge in [0, 0.05) is 0 Å². The summed E-state index contributed by atoms with van der Waals surface area (Å²) in [6, 6.07) is 17.6. The number of carbonyl (C=O) groups excluding carboxylic acids is 2. The summed E-state index contributed by atoms with van der Waals surface area (Å²) in [5.74, 6) is -0.525. The second kappa shape index (κ2) is 7.15. The van der Waals surface area contributed by atoms with Gasteiger partial charge < -0.3 is 9.84 Å². The molecule has 1 aliphatic heterocycles. The molecule has 24 heavy (non-hydrogen) atoms. The predicted molar refractivity (Wildman–Crippen MR) is 91.5 cm³/mol. The highest BCUT2D eigenvalue weighted by Crippen LogP contribution is 2.32.